The van der Waals surface area contributed by atoms with E-state index in [9.17, 15) is 18.0 Å². The largest absolute Gasteiger partial charge is 0.393 e. The average Bonchev–Trinajstić information content (AvgIpc) is 2.78. The fourth-order valence-electron chi connectivity index (χ4n) is 2.17. The van der Waals surface area contributed by atoms with E-state index in [1.54, 1.807) is 29.2 Å². The van der Waals surface area contributed by atoms with Crippen LogP contribution in [0.25, 0.3) is 0 Å². The lowest BCUT2D eigenvalue weighted by Crippen LogP contribution is -2.31. The lowest BCUT2D eigenvalue weighted by Gasteiger charge is -2.16. The van der Waals surface area contributed by atoms with Crippen LogP contribution in [-0.2, 0) is 0 Å². The minimum atomic E-state index is -4.17. The predicted molar refractivity (Wildman–Crippen MR) is 66.4 cm³/mol. The van der Waals surface area contributed by atoms with Gasteiger partial charge in [0.1, 0.15) is 0 Å². The van der Waals surface area contributed by atoms with Crippen LogP contribution >= 0.6 is 11.6 Å². The summed E-state index contributed by atoms with van der Waals surface area (Å²) in [4.78, 5) is 13.5. The topological polar surface area (TPSA) is 20.3 Å². The zero-order chi connectivity index (χ0) is 14.0. The maximum atomic E-state index is 12.5. The van der Waals surface area contributed by atoms with E-state index in [1.807, 2.05) is 0 Å². The number of ketones is 1. The predicted octanol–water partition coefficient (Wildman–Crippen LogP) is 3.41. The molecule has 1 saturated heterocycles. The summed E-state index contributed by atoms with van der Waals surface area (Å²) in [6.07, 6.45) is -4.10. The van der Waals surface area contributed by atoms with Crippen molar-refractivity contribution < 1.29 is 18.0 Å². The molecular weight excluding hydrogens is 279 g/mol. The third-order valence-corrected chi connectivity index (χ3v) is 3.52. The summed E-state index contributed by atoms with van der Waals surface area (Å²) < 4.78 is 37.5. The first-order valence-electron chi connectivity index (χ1n) is 5.94. The molecule has 0 N–H and O–H groups in total. The Hall–Kier alpha value is -1.07. The van der Waals surface area contributed by atoms with Gasteiger partial charge in [0.2, 0.25) is 0 Å². The van der Waals surface area contributed by atoms with Gasteiger partial charge in [0, 0.05) is 17.1 Å². The van der Waals surface area contributed by atoms with Gasteiger partial charge >= 0.3 is 6.18 Å². The van der Waals surface area contributed by atoms with Gasteiger partial charge in [-0.1, -0.05) is 11.6 Å². The minimum absolute atomic E-state index is 0.0220. The highest BCUT2D eigenvalue weighted by molar-refractivity contribution is 6.30. The standard InChI is InChI=1S/C13H13ClF3NO/c14-11-3-1-9(2-4-11)12(19)8-18-6-5-10(7-18)13(15,16)17/h1-4,10H,5-8H2. The zero-order valence-corrected chi connectivity index (χ0v) is 10.8. The van der Waals surface area contributed by atoms with Crippen molar-refractivity contribution in [2.24, 2.45) is 5.92 Å². The van der Waals surface area contributed by atoms with Gasteiger partial charge in [-0.05, 0) is 37.2 Å². The van der Waals surface area contributed by atoms with E-state index in [-0.39, 0.29) is 25.3 Å². The maximum Gasteiger partial charge on any atom is 0.393 e. The Morgan fingerprint density at radius 3 is 2.47 bits per heavy atom. The molecular formula is C13H13ClF3NO. The summed E-state index contributed by atoms with van der Waals surface area (Å²) in [7, 11) is 0. The molecule has 0 spiro atoms. The van der Waals surface area contributed by atoms with Crippen molar-refractivity contribution in [3.05, 3.63) is 34.9 Å². The number of likely N-dealkylation sites (tertiary alicyclic amines) is 1. The first kappa shape index (κ1) is 14.3. The molecule has 0 saturated carbocycles. The molecule has 1 atom stereocenters. The van der Waals surface area contributed by atoms with Crippen LogP contribution in [0.4, 0.5) is 13.2 Å². The van der Waals surface area contributed by atoms with Gasteiger partial charge in [-0.25, -0.2) is 0 Å². The van der Waals surface area contributed by atoms with Crippen molar-refractivity contribution in [1.82, 2.24) is 4.90 Å². The fraction of sp³-hybridized carbons (Fsp3) is 0.462. The molecule has 0 bridgehead atoms. The highest BCUT2D eigenvalue weighted by Crippen LogP contribution is 2.33. The number of carbonyl (C=O) groups excluding carboxylic acids is 1. The van der Waals surface area contributed by atoms with Crippen LogP contribution in [0.3, 0.4) is 0 Å². The number of carbonyl (C=O) groups is 1. The molecule has 19 heavy (non-hydrogen) atoms. The van der Waals surface area contributed by atoms with E-state index in [1.165, 1.54) is 0 Å². The van der Waals surface area contributed by atoms with Crippen LogP contribution in [0, 0.1) is 5.92 Å². The molecule has 1 aromatic rings. The number of Topliss-reactive ketones (excluding diaryl/α,β-unsaturated/α-hetero) is 1. The molecule has 1 aliphatic heterocycles. The molecule has 1 unspecified atom stereocenters. The van der Waals surface area contributed by atoms with E-state index in [2.05, 4.69) is 0 Å². The number of benzene rings is 1. The van der Waals surface area contributed by atoms with Crippen molar-refractivity contribution >= 4 is 17.4 Å². The summed E-state index contributed by atoms with van der Waals surface area (Å²) in [5, 5.41) is 0.523. The summed E-state index contributed by atoms with van der Waals surface area (Å²) in [5.74, 6) is -1.50. The van der Waals surface area contributed by atoms with Crippen LogP contribution in [-0.4, -0.2) is 36.5 Å². The molecule has 2 rings (SSSR count). The number of alkyl halides is 3. The van der Waals surface area contributed by atoms with Crippen LogP contribution in [0.1, 0.15) is 16.8 Å². The highest BCUT2D eigenvalue weighted by atomic mass is 35.5. The Labute approximate surface area is 114 Å². The third kappa shape index (κ3) is 3.70. The molecule has 104 valence electrons. The Balaban J connectivity index is 1.92. The van der Waals surface area contributed by atoms with Crippen LogP contribution in [0.15, 0.2) is 24.3 Å². The van der Waals surface area contributed by atoms with E-state index in [0.29, 0.717) is 17.1 Å². The van der Waals surface area contributed by atoms with Gasteiger partial charge in [0.25, 0.3) is 0 Å². The van der Waals surface area contributed by atoms with Gasteiger partial charge in [-0.2, -0.15) is 13.2 Å². The first-order valence-corrected chi connectivity index (χ1v) is 6.32. The second-order valence-electron chi connectivity index (χ2n) is 4.69. The molecule has 2 nitrogen and oxygen atoms in total. The van der Waals surface area contributed by atoms with E-state index in [4.69, 9.17) is 11.6 Å². The van der Waals surface area contributed by atoms with Gasteiger partial charge < -0.3 is 0 Å². The fourth-order valence-corrected chi connectivity index (χ4v) is 2.30. The molecule has 6 heteroatoms. The SMILES string of the molecule is O=C(CN1CCC(C(F)(F)F)C1)c1ccc(Cl)cc1. The molecule has 1 heterocycles. The molecule has 0 radical (unpaired) electrons. The number of rotatable bonds is 3. The molecule has 0 aliphatic carbocycles. The number of nitrogens with zero attached hydrogens (tertiary/aromatic N) is 1. The Morgan fingerprint density at radius 2 is 1.95 bits per heavy atom. The van der Waals surface area contributed by atoms with E-state index < -0.39 is 12.1 Å². The van der Waals surface area contributed by atoms with Crippen molar-refractivity contribution in [1.29, 1.82) is 0 Å². The van der Waals surface area contributed by atoms with Crippen molar-refractivity contribution in [2.75, 3.05) is 19.6 Å². The lowest BCUT2D eigenvalue weighted by atomic mass is 10.1. The van der Waals surface area contributed by atoms with Gasteiger partial charge in [0.15, 0.2) is 5.78 Å². The van der Waals surface area contributed by atoms with E-state index in [0.717, 1.165) is 0 Å². The molecule has 1 aromatic carbocycles. The second kappa shape index (κ2) is 5.51. The highest BCUT2D eigenvalue weighted by Gasteiger charge is 2.43. The normalized spacial score (nSPS) is 20.7. The third-order valence-electron chi connectivity index (χ3n) is 3.27. The molecule has 1 aliphatic rings. The molecule has 0 amide bonds. The maximum absolute atomic E-state index is 12.5. The van der Waals surface area contributed by atoms with Crippen LogP contribution in [0.2, 0.25) is 5.02 Å². The summed E-state index contributed by atoms with van der Waals surface area (Å²) >= 11 is 5.71. The molecule has 1 fully saturated rings. The monoisotopic (exact) mass is 291 g/mol. The second-order valence-corrected chi connectivity index (χ2v) is 5.13. The van der Waals surface area contributed by atoms with Gasteiger partial charge in [-0.3, -0.25) is 9.69 Å². The number of hydrogen-bond acceptors (Lipinski definition) is 2. The lowest BCUT2D eigenvalue weighted by molar-refractivity contribution is -0.170. The van der Waals surface area contributed by atoms with Crippen LogP contribution < -0.4 is 0 Å². The van der Waals surface area contributed by atoms with Gasteiger partial charge in [-0.15, -0.1) is 0 Å². The van der Waals surface area contributed by atoms with Gasteiger partial charge in [0.05, 0.1) is 12.5 Å². The zero-order valence-electron chi connectivity index (χ0n) is 10.1. The summed E-state index contributed by atoms with van der Waals surface area (Å²) in [5.41, 5.74) is 0.472. The minimum Gasteiger partial charge on any atom is -0.295 e. The Morgan fingerprint density at radius 1 is 1.32 bits per heavy atom. The smallest absolute Gasteiger partial charge is 0.295 e. The summed E-state index contributed by atoms with van der Waals surface area (Å²) in [6.45, 7) is 0.237. The van der Waals surface area contributed by atoms with Crippen molar-refractivity contribution in [2.45, 2.75) is 12.6 Å². The van der Waals surface area contributed by atoms with E-state index >= 15 is 0 Å². The Bertz CT molecular complexity index is 458. The quantitative estimate of drug-likeness (QED) is 0.796. The number of halogens is 4. The average molecular weight is 292 g/mol. The van der Waals surface area contributed by atoms with Crippen molar-refractivity contribution in [3.63, 3.8) is 0 Å². The summed E-state index contributed by atoms with van der Waals surface area (Å²) in [6, 6.07) is 6.36. The van der Waals surface area contributed by atoms with Crippen LogP contribution in [0.5, 0.6) is 0 Å². The Kier molecular flexibility index (Phi) is 4.16. The van der Waals surface area contributed by atoms with Crippen molar-refractivity contribution in [3.8, 4) is 0 Å². The first-order chi connectivity index (χ1) is 8.86. The molecule has 0 aromatic heterocycles. The number of hydrogen-bond donors (Lipinski definition) is 0.